The zero-order valence-corrected chi connectivity index (χ0v) is 10.1. The fourth-order valence-electron chi connectivity index (χ4n) is 1.36. The summed E-state index contributed by atoms with van der Waals surface area (Å²) in [6.45, 7) is 0.274. The van der Waals surface area contributed by atoms with Crippen molar-refractivity contribution in [2.45, 2.75) is 6.42 Å². The molecule has 7 heteroatoms. The fraction of sp³-hybridized carbons (Fsp3) is 0.500. The van der Waals surface area contributed by atoms with E-state index in [1.54, 1.807) is 14.1 Å². The van der Waals surface area contributed by atoms with E-state index in [-0.39, 0.29) is 24.8 Å². The summed E-state index contributed by atoms with van der Waals surface area (Å²) >= 11 is 0. The molecule has 1 amide bonds. The van der Waals surface area contributed by atoms with Crippen LogP contribution in [-0.2, 0) is 16.6 Å². The lowest BCUT2D eigenvalue weighted by molar-refractivity contribution is -0.140. The standard InChI is InChI=1S/C10H16N4O3/c1-13(5-4-8(15)17-3)10(16)9-7(11)6-12-14(9)2/h6H,4-5,11H2,1-3H3. The number of ether oxygens (including phenoxy) is 1. The summed E-state index contributed by atoms with van der Waals surface area (Å²) in [5.74, 6) is -0.631. The molecule has 1 rings (SSSR count). The number of anilines is 1. The molecule has 0 spiro atoms. The van der Waals surface area contributed by atoms with Gasteiger partial charge in [0.05, 0.1) is 25.4 Å². The predicted octanol–water partition coefficient (Wildman–Crippen LogP) is -0.363. The number of aryl methyl sites for hydroxylation is 1. The van der Waals surface area contributed by atoms with Crippen LogP contribution in [0, 0.1) is 0 Å². The number of methoxy groups -OCH3 is 1. The first-order chi connectivity index (χ1) is 7.97. The minimum absolute atomic E-state index is 0.149. The Morgan fingerprint density at radius 2 is 2.24 bits per heavy atom. The van der Waals surface area contributed by atoms with Gasteiger partial charge < -0.3 is 15.4 Å². The number of hydrogen-bond donors (Lipinski definition) is 1. The fourth-order valence-corrected chi connectivity index (χ4v) is 1.36. The molecule has 1 aromatic heterocycles. The first-order valence-electron chi connectivity index (χ1n) is 5.07. The molecular formula is C10H16N4O3. The van der Waals surface area contributed by atoms with E-state index in [0.717, 1.165) is 0 Å². The molecule has 0 aliphatic rings. The summed E-state index contributed by atoms with van der Waals surface area (Å²) in [6, 6.07) is 0. The monoisotopic (exact) mass is 240 g/mol. The summed E-state index contributed by atoms with van der Waals surface area (Å²) in [6.07, 6.45) is 1.57. The Morgan fingerprint density at radius 1 is 1.59 bits per heavy atom. The molecule has 94 valence electrons. The topological polar surface area (TPSA) is 90.4 Å². The van der Waals surface area contributed by atoms with E-state index in [9.17, 15) is 9.59 Å². The Kier molecular flexibility index (Phi) is 4.08. The summed E-state index contributed by atoms with van der Waals surface area (Å²) in [5, 5.41) is 3.88. The predicted molar refractivity (Wildman–Crippen MR) is 61.2 cm³/mol. The molecule has 0 aliphatic carbocycles. The highest BCUT2D eigenvalue weighted by atomic mass is 16.5. The van der Waals surface area contributed by atoms with Gasteiger partial charge in [0, 0.05) is 20.6 Å². The zero-order valence-electron chi connectivity index (χ0n) is 10.1. The van der Waals surface area contributed by atoms with Crippen LogP contribution in [0.15, 0.2) is 6.20 Å². The van der Waals surface area contributed by atoms with Crippen LogP contribution < -0.4 is 5.73 Å². The molecule has 1 aromatic rings. The van der Waals surface area contributed by atoms with Crippen molar-refractivity contribution in [1.82, 2.24) is 14.7 Å². The van der Waals surface area contributed by atoms with Crippen molar-refractivity contribution < 1.29 is 14.3 Å². The zero-order chi connectivity index (χ0) is 13.0. The maximum atomic E-state index is 12.0. The Labute approximate surface area is 99.1 Å². The SMILES string of the molecule is COC(=O)CCN(C)C(=O)c1c(N)cnn1C. The van der Waals surface area contributed by atoms with Crippen LogP contribution in [0.25, 0.3) is 0 Å². The minimum Gasteiger partial charge on any atom is -0.469 e. The van der Waals surface area contributed by atoms with Crippen molar-refractivity contribution in [3.8, 4) is 0 Å². The smallest absolute Gasteiger partial charge is 0.307 e. The Balaban J connectivity index is 2.67. The molecule has 17 heavy (non-hydrogen) atoms. The molecule has 0 atom stereocenters. The number of esters is 1. The number of nitrogens with two attached hydrogens (primary N) is 1. The third-order valence-corrected chi connectivity index (χ3v) is 2.40. The van der Waals surface area contributed by atoms with Crippen molar-refractivity contribution in [3.63, 3.8) is 0 Å². The molecular weight excluding hydrogens is 224 g/mol. The van der Waals surface area contributed by atoms with Gasteiger partial charge in [-0.05, 0) is 0 Å². The number of aromatic nitrogens is 2. The first kappa shape index (κ1) is 13.0. The number of nitrogens with zero attached hydrogens (tertiary/aromatic N) is 3. The normalized spacial score (nSPS) is 10.1. The van der Waals surface area contributed by atoms with Crippen molar-refractivity contribution in [2.24, 2.45) is 7.05 Å². The summed E-state index contributed by atoms with van der Waals surface area (Å²) in [7, 11) is 4.54. The van der Waals surface area contributed by atoms with E-state index in [1.165, 1.54) is 22.9 Å². The van der Waals surface area contributed by atoms with Crippen LogP contribution in [0.1, 0.15) is 16.9 Å². The number of carbonyl (C=O) groups is 2. The lowest BCUT2D eigenvalue weighted by atomic mass is 10.3. The van der Waals surface area contributed by atoms with Crippen LogP contribution >= 0.6 is 0 Å². The van der Waals surface area contributed by atoms with Crippen LogP contribution in [0.3, 0.4) is 0 Å². The first-order valence-corrected chi connectivity index (χ1v) is 5.07. The highest BCUT2D eigenvalue weighted by Gasteiger charge is 2.19. The molecule has 2 N–H and O–H groups in total. The molecule has 0 unspecified atom stereocenters. The van der Waals surface area contributed by atoms with Gasteiger partial charge in [0.2, 0.25) is 0 Å². The van der Waals surface area contributed by atoms with Gasteiger partial charge in [-0.15, -0.1) is 0 Å². The van der Waals surface area contributed by atoms with E-state index < -0.39 is 0 Å². The van der Waals surface area contributed by atoms with Gasteiger partial charge in [-0.2, -0.15) is 5.10 Å². The number of amides is 1. The van der Waals surface area contributed by atoms with Gasteiger partial charge >= 0.3 is 5.97 Å². The maximum absolute atomic E-state index is 12.0. The van der Waals surface area contributed by atoms with Crippen molar-refractivity contribution in [1.29, 1.82) is 0 Å². The van der Waals surface area contributed by atoms with Gasteiger partial charge in [-0.3, -0.25) is 14.3 Å². The van der Waals surface area contributed by atoms with E-state index in [1.807, 2.05) is 0 Å². The lowest BCUT2D eigenvalue weighted by Crippen LogP contribution is -2.31. The van der Waals surface area contributed by atoms with Crippen LogP contribution in [0.4, 0.5) is 5.69 Å². The van der Waals surface area contributed by atoms with Crippen LogP contribution in [-0.4, -0.2) is 47.3 Å². The third kappa shape index (κ3) is 2.96. The lowest BCUT2D eigenvalue weighted by Gasteiger charge is -2.16. The van der Waals surface area contributed by atoms with Gasteiger partial charge in [0.25, 0.3) is 5.91 Å². The van der Waals surface area contributed by atoms with E-state index >= 15 is 0 Å². The molecule has 1 heterocycles. The Bertz CT molecular complexity index is 408. The van der Waals surface area contributed by atoms with E-state index in [4.69, 9.17) is 5.73 Å². The molecule has 0 fully saturated rings. The molecule has 0 bridgehead atoms. The van der Waals surface area contributed by atoms with Crippen molar-refractivity contribution >= 4 is 17.6 Å². The number of nitrogen functional groups attached to an aromatic ring is 1. The van der Waals surface area contributed by atoms with Gasteiger partial charge in [0.1, 0.15) is 5.69 Å². The van der Waals surface area contributed by atoms with Crippen molar-refractivity contribution in [3.05, 3.63) is 11.9 Å². The minimum atomic E-state index is -0.359. The molecule has 7 nitrogen and oxygen atoms in total. The highest BCUT2D eigenvalue weighted by molar-refractivity contribution is 5.97. The Morgan fingerprint density at radius 3 is 2.71 bits per heavy atom. The summed E-state index contributed by atoms with van der Waals surface area (Å²) < 4.78 is 5.91. The average molecular weight is 240 g/mol. The quantitative estimate of drug-likeness (QED) is 0.725. The van der Waals surface area contributed by atoms with E-state index in [0.29, 0.717) is 11.4 Å². The summed E-state index contributed by atoms with van der Waals surface area (Å²) in [5.41, 5.74) is 6.28. The largest absolute Gasteiger partial charge is 0.469 e. The summed E-state index contributed by atoms with van der Waals surface area (Å²) in [4.78, 5) is 24.3. The Hall–Kier alpha value is -2.05. The maximum Gasteiger partial charge on any atom is 0.307 e. The second-order valence-corrected chi connectivity index (χ2v) is 3.62. The molecule has 0 radical (unpaired) electrons. The van der Waals surface area contributed by atoms with Gasteiger partial charge in [0.15, 0.2) is 0 Å². The van der Waals surface area contributed by atoms with Gasteiger partial charge in [-0.25, -0.2) is 0 Å². The second kappa shape index (κ2) is 5.33. The van der Waals surface area contributed by atoms with Gasteiger partial charge in [-0.1, -0.05) is 0 Å². The third-order valence-electron chi connectivity index (χ3n) is 2.40. The van der Waals surface area contributed by atoms with Crippen LogP contribution in [0.2, 0.25) is 0 Å². The molecule has 0 saturated heterocycles. The molecule has 0 saturated carbocycles. The molecule has 0 aliphatic heterocycles. The number of carbonyl (C=O) groups excluding carboxylic acids is 2. The molecule has 0 aromatic carbocycles. The number of rotatable bonds is 4. The van der Waals surface area contributed by atoms with Crippen LogP contribution in [0.5, 0.6) is 0 Å². The second-order valence-electron chi connectivity index (χ2n) is 3.62. The highest BCUT2D eigenvalue weighted by Crippen LogP contribution is 2.11. The number of hydrogen-bond acceptors (Lipinski definition) is 5. The van der Waals surface area contributed by atoms with Crippen molar-refractivity contribution in [2.75, 3.05) is 26.4 Å². The average Bonchev–Trinajstić information content (AvgIpc) is 2.64. The van der Waals surface area contributed by atoms with E-state index in [2.05, 4.69) is 9.84 Å².